The Bertz CT molecular complexity index is 497. The number of hydrogen-bond acceptors (Lipinski definition) is 1. The molecule has 21 heavy (non-hydrogen) atoms. The first-order chi connectivity index (χ1) is 9.97. The summed E-state index contributed by atoms with van der Waals surface area (Å²) in [6.07, 6.45) is 1.66. The monoisotopic (exact) mass is 297 g/mol. The summed E-state index contributed by atoms with van der Waals surface area (Å²) >= 11 is 0. The molecule has 2 aliphatic rings. The fourth-order valence-corrected chi connectivity index (χ4v) is 4.38. The molecule has 0 amide bonds. The molecule has 1 aromatic carbocycles. The lowest BCUT2D eigenvalue weighted by Crippen LogP contribution is -2.38. The predicted molar refractivity (Wildman–Crippen MR) is 76.9 cm³/mol. The van der Waals surface area contributed by atoms with E-state index in [1.54, 1.807) is 0 Å². The van der Waals surface area contributed by atoms with Gasteiger partial charge in [-0.25, -0.2) is 0 Å². The van der Waals surface area contributed by atoms with E-state index in [1.807, 2.05) is 13.1 Å². The Morgan fingerprint density at radius 3 is 2.62 bits per heavy atom. The Kier molecular flexibility index (Phi) is 4.00. The summed E-state index contributed by atoms with van der Waals surface area (Å²) in [6.45, 7) is 0. The topological polar surface area (TPSA) is 12.0 Å². The van der Waals surface area contributed by atoms with Gasteiger partial charge in [0.05, 0.1) is 5.56 Å². The number of rotatable bonds is 4. The fraction of sp³-hybridized carbons (Fsp3) is 0.647. The van der Waals surface area contributed by atoms with E-state index in [0.29, 0.717) is 18.4 Å². The Labute approximate surface area is 123 Å². The van der Waals surface area contributed by atoms with Crippen molar-refractivity contribution in [2.75, 3.05) is 7.05 Å². The minimum absolute atomic E-state index is 0.295. The van der Waals surface area contributed by atoms with E-state index in [1.165, 1.54) is 37.8 Å². The van der Waals surface area contributed by atoms with E-state index in [4.69, 9.17) is 0 Å². The lowest BCUT2D eigenvalue weighted by molar-refractivity contribution is -0.137. The molecule has 2 saturated carbocycles. The number of alkyl halides is 3. The highest BCUT2D eigenvalue weighted by atomic mass is 19.4. The van der Waals surface area contributed by atoms with Gasteiger partial charge in [0.15, 0.2) is 0 Å². The number of halogens is 3. The summed E-state index contributed by atoms with van der Waals surface area (Å²) in [5, 5.41) is 3.35. The molecule has 4 atom stereocenters. The van der Waals surface area contributed by atoms with Crippen molar-refractivity contribution < 1.29 is 13.2 Å². The average Bonchev–Trinajstić information content (AvgIpc) is 3.07. The third-order valence-electron chi connectivity index (χ3n) is 5.39. The van der Waals surface area contributed by atoms with Crippen LogP contribution in [0.25, 0.3) is 0 Å². The molecule has 0 spiro atoms. The smallest absolute Gasteiger partial charge is 0.316 e. The Balaban J connectivity index is 1.72. The van der Waals surface area contributed by atoms with Crippen LogP contribution in [0.2, 0.25) is 0 Å². The van der Waals surface area contributed by atoms with Gasteiger partial charge in [0, 0.05) is 6.04 Å². The van der Waals surface area contributed by atoms with Gasteiger partial charge in [-0.15, -0.1) is 0 Å². The van der Waals surface area contributed by atoms with Crippen LogP contribution in [-0.4, -0.2) is 13.1 Å². The van der Waals surface area contributed by atoms with Crippen molar-refractivity contribution in [2.24, 2.45) is 17.8 Å². The molecule has 0 saturated heterocycles. The van der Waals surface area contributed by atoms with Gasteiger partial charge in [0.25, 0.3) is 0 Å². The Morgan fingerprint density at radius 1 is 1.24 bits per heavy atom. The summed E-state index contributed by atoms with van der Waals surface area (Å²) in [4.78, 5) is 0. The van der Waals surface area contributed by atoms with Crippen molar-refractivity contribution in [1.29, 1.82) is 0 Å². The minimum atomic E-state index is -4.25. The van der Waals surface area contributed by atoms with Gasteiger partial charge < -0.3 is 5.32 Å². The maximum Gasteiger partial charge on any atom is 0.416 e. The van der Waals surface area contributed by atoms with E-state index in [0.717, 1.165) is 23.5 Å². The van der Waals surface area contributed by atoms with Crippen molar-refractivity contribution in [3.05, 3.63) is 35.4 Å². The molecule has 4 unspecified atom stereocenters. The van der Waals surface area contributed by atoms with E-state index in [-0.39, 0.29) is 0 Å². The molecule has 1 nitrogen and oxygen atoms in total. The van der Waals surface area contributed by atoms with Gasteiger partial charge in [-0.05, 0) is 62.1 Å². The van der Waals surface area contributed by atoms with Crippen molar-refractivity contribution in [2.45, 2.75) is 44.3 Å². The quantitative estimate of drug-likeness (QED) is 0.875. The van der Waals surface area contributed by atoms with Gasteiger partial charge >= 0.3 is 6.18 Å². The lowest BCUT2D eigenvalue weighted by atomic mass is 9.81. The molecule has 116 valence electrons. The zero-order chi connectivity index (χ0) is 15.0. The van der Waals surface area contributed by atoms with Crippen LogP contribution in [0.1, 0.15) is 36.8 Å². The highest BCUT2D eigenvalue weighted by Gasteiger charge is 2.42. The largest absolute Gasteiger partial charge is 0.416 e. The van der Waals surface area contributed by atoms with Crippen LogP contribution in [0.15, 0.2) is 24.3 Å². The van der Waals surface area contributed by atoms with Crippen LogP contribution in [0.5, 0.6) is 0 Å². The van der Waals surface area contributed by atoms with E-state index >= 15 is 0 Å². The van der Waals surface area contributed by atoms with Crippen molar-refractivity contribution in [3.8, 4) is 0 Å². The van der Waals surface area contributed by atoms with Gasteiger partial charge in [0.2, 0.25) is 0 Å². The molecule has 0 aliphatic heterocycles. The summed E-state index contributed by atoms with van der Waals surface area (Å²) in [7, 11) is 1.93. The van der Waals surface area contributed by atoms with Crippen LogP contribution in [0.4, 0.5) is 13.2 Å². The van der Waals surface area contributed by atoms with Crippen molar-refractivity contribution in [1.82, 2.24) is 5.32 Å². The molecule has 4 heteroatoms. The summed E-state index contributed by atoms with van der Waals surface area (Å²) in [6, 6.07) is 6.08. The standard InChI is InChI=1S/C17H22F3N/c1-21-16(15-9-12-5-6-13(15)7-12)10-11-3-2-4-14(8-11)17(18,19)20/h2-4,8,12-13,15-16,21H,5-7,9-10H2,1H3. The minimum Gasteiger partial charge on any atom is -0.316 e. The number of benzene rings is 1. The number of fused-ring (bicyclic) bond motifs is 2. The molecule has 2 bridgehead atoms. The number of likely N-dealkylation sites (N-methyl/N-ethyl adjacent to an activating group) is 1. The third-order valence-corrected chi connectivity index (χ3v) is 5.39. The molecule has 0 aromatic heterocycles. The lowest BCUT2D eigenvalue weighted by Gasteiger charge is -2.30. The highest BCUT2D eigenvalue weighted by Crippen LogP contribution is 2.49. The van der Waals surface area contributed by atoms with Gasteiger partial charge in [-0.2, -0.15) is 13.2 Å². The van der Waals surface area contributed by atoms with E-state index in [2.05, 4.69) is 5.32 Å². The van der Waals surface area contributed by atoms with Crippen molar-refractivity contribution >= 4 is 0 Å². The first-order valence-corrected chi connectivity index (χ1v) is 7.80. The van der Waals surface area contributed by atoms with Crippen LogP contribution >= 0.6 is 0 Å². The van der Waals surface area contributed by atoms with E-state index < -0.39 is 11.7 Å². The van der Waals surface area contributed by atoms with Gasteiger partial charge in [-0.3, -0.25) is 0 Å². The molecule has 3 rings (SSSR count). The molecule has 0 radical (unpaired) electrons. The Hall–Kier alpha value is -1.03. The predicted octanol–water partition coefficient (Wildman–Crippen LogP) is 4.27. The van der Waals surface area contributed by atoms with Gasteiger partial charge in [0.1, 0.15) is 0 Å². The average molecular weight is 297 g/mol. The van der Waals surface area contributed by atoms with Crippen LogP contribution < -0.4 is 5.32 Å². The number of hydrogen-bond donors (Lipinski definition) is 1. The summed E-state index contributed by atoms with van der Waals surface area (Å²) in [5.41, 5.74) is 0.245. The molecular formula is C17H22F3N. The molecule has 1 N–H and O–H groups in total. The third kappa shape index (κ3) is 3.10. The second-order valence-corrected chi connectivity index (χ2v) is 6.64. The number of nitrogens with one attached hydrogen (secondary N) is 1. The first kappa shape index (κ1) is 14.9. The zero-order valence-corrected chi connectivity index (χ0v) is 12.3. The van der Waals surface area contributed by atoms with E-state index in [9.17, 15) is 13.2 Å². The molecule has 1 aromatic rings. The Morgan fingerprint density at radius 2 is 2.05 bits per heavy atom. The fourth-order valence-electron chi connectivity index (χ4n) is 4.38. The maximum atomic E-state index is 12.8. The highest BCUT2D eigenvalue weighted by molar-refractivity contribution is 5.26. The van der Waals surface area contributed by atoms with Crippen LogP contribution in [0.3, 0.4) is 0 Å². The molecule has 2 aliphatic carbocycles. The van der Waals surface area contributed by atoms with Gasteiger partial charge in [-0.1, -0.05) is 24.6 Å². The van der Waals surface area contributed by atoms with Crippen LogP contribution in [0, 0.1) is 17.8 Å². The summed E-state index contributed by atoms with van der Waals surface area (Å²) in [5.74, 6) is 2.26. The second kappa shape index (κ2) is 5.64. The zero-order valence-electron chi connectivity index (χ0n) is 12.3. The SMILES string of the molecule is CNC(Cc1cccc(C(F)(F)F)c1)C1CC2CCC1C2. The second-order valence-electron chi connectivity index (χ2n) is 6.64. The van der Waals surface area contributed by atoms with Crippen LogP contribution in [-0.2, 0) is 12.6 Å². The summed E-state index contributed by atoms with van der Waals surface area (Å²) < 4.78 is 38.4. The van der Waals surface area contributed by atoms with Crippen molar-refractivity contribution in [3.63, 3.8) is 0 Å². The normalized spacial score (nSPS) is 29.8. The maximum absolute atomic E-state index is 12.8. The first-order valence-electron chi connectivity index (χ1n) is 7.80. The molecular weight excluding hydrogens is 275 g/mol. The molecule has 0 heterocycles. The molecule has 2 fully saturated rings.